The van der Waals surface area contributed by atoms with E-state index in [0.717, 1.165) is 16.7 Å². The number of aryl methyl sites for hydroxylation is 2. The smallest absolute Gasteiger partial charge is 0.324 e. The van der Waals surface area contributed by atoms with Gasteiger partial charge in [-0.25, -0.2) is 0 Å². The van der Waals surface area contributed by atoms with E-state index in [0.29, 0.717) is 0 Å². The van der Waals surface area contributed by atoms with Crippen molar-refractivity contribution in [2.75, 3.05) is 0 Å². The number of alkyl halides is 3. The fraction of sp³-hybridized carbons (Fsp3) is 0.500. The van der Waals surface area contributed by atoms with Crippen molar-refractivity contribution in [2.24, 2.45) is 5.73 Å². The molecule has 1 rings (SSSR count). The molecule has 0 fully saturated rings. The summed E-state index contributed by atoms with van der Waals surface area (Å²) in [7, 11) is 0. The first-order valence-corrected chi connectivity index (χ1v) is 5.19. The third-order valence-electron chi connectivity index (χ3n) is 2.57. The second kappa shape index (κ2) is 4.87. The van der Waals surface area contributed by atoms with Crippen LogP contribution in [0.15, 0.2) is 18.2 Å². The predicted octanol–water partition coefficient (Wildman–Crippen LogP) is 3.65. The molecule has 16 heavy (non-hydrogen) atoms. The van der Waals surface area contributed by atoms with Gasteiger partial charge in [-0.2, -0.15) is 13.2 Å². The summed E-state index contributed by atoms with van der Waals surface area (Å²) in [4.78, 5) is 0. The van der Waals surface area contributed by atoms with Gasteiger partial charge in [0.05, 0.1) is 0 Å². The maximum absolute atomic E-state index is 12.1. The molecule has 1 aromatic rings. The molecule has 0 aliphatic heterocycles. The molecule has 0 saturated carbocycles. The van der Waals surface area contributed by atoms with Gasteiger partial charge in [0.2, 0.25) is 0 Å². The van der Waals surface area contributed by atoms with Crippen molar-refractivity contribution < 1.29 is 13.2 Å². The van der Waals surface area contributed by atoms with Gasteiger partial charge in [-0.15, -0.1) is 0 Å². The van der Waals surface area contributed by atoms with E-state index in [9.17, 15) is 13.2 Å². The van der Waals surface area contributed by atoms with Crippen molar-refractivity contribution in [1.82, 2.24) is 0 Å². The quantitative estimate of drug-likeness (QED) is 0.844. The predicted molar refractivity (Wildman–Crippen MR) is 58.1 cm³/mol. The van der Waals surface area contributed by atoms with Crippen LogP contribution in [-0.4, -0.2) is 6.18 Å². The van der Waals surface area contributed by atoms with E-state index in [4.69, 9.17) is 5.73 Å². The van der Waals surface area contributed by atoms with Crippen molar-refractivity contribution in [1.29, 1.82) is 0 Å². The van der Waals surface area contributed by atoms with Crippen LogP contribution in [0.1, 0.15) is 35.6 Å². The van der Waals surface area contributed by atoms with Crippen molar-refractivity contribution in [3.05, 3.63) is 34.9 Å². The van der Waals surface area contributed by atoms with E-state index < -0.39 is 18.6 Å². The molecule has 0 spiro atoms. The van der Waals surface area contributed by atoms with Crippen LogP contribution in [0.4, 0.5) is 13.2 Å². The van der Waals surface area contributed by atoms with Gasteiger partial charge in [-0.3, -0.25) is 0 Å². The highest BCUT2D eigenvalue weighted by Crippen LogP contribution is 2.27. The Kier molecular flexibility index (Phi) is 3.97. The van der Waals surface area contributed by atoms with Gasteiger partial charge < -0.3 is 5.73 Å². The van der Waals surface area contributed by atoms with Gasteiger partial charge in [0.1, 0.15) is 0 Å². The second-order valence-electron chi connectivity index (χ2n) is 4.12. The zero-order valence-electron chi connectivity index (χ0n) is 9.43. The molecule has 1 atom stereocenters. The number of hydrogen-bond donors (Lipinski definition) is 1. The number of nitrogens with two attached hydrogens (primary N) is 1. The fourth-order valence-electron chi connectivity index (χ4n) is 1.63. The highest BCUT2D eigenvalue weighted by Gasteiger charge is 2.28. The average Bonchev–Trinajstić information content (AvgIpc) is 2.17. The number of benzene rings is 1. The van der Waals surface area contributed by atoms with Crippen molar-refractivity contribution >= 4 is 0 Å². The maximum Gasteiger partial charge on any atom is 0.389 e. The lowest BCUT2D eigenvalue weighted by Crippen LogP contribution is -2.16. The summed E-state index contributed by atoms with van der Waals surface area (Å²) in [6.45, 7) is 3.77. The minimum absolute atomic E-state index is 0.0617. The van der Waals surface area contributed by atoms with Crippen LogP contribution in [0.3, 0.4) is 0 Å². The average molecular weight is 231 g/mol. The topological polar surface area (TPSA) is 26.0 Å². The highest BCUT2D eigenvalue weighted by atomic mass is 19.4. The summed E-state index contributed by atoms with van der Waals surface area (Å²) < 4.78 is 36.2. The Morgan fingerprint density at radius 1 is 1.25 bits per heavy atom. The van der Waals surface area contributed by atoms with E-state index in [1.54, 1.807) is 0 Å². The Hall–Kier alpha value is -1.03. The van der Waals surface area contributed by atoms with E-state index >= 15 is 0 Å². The molecule has 2 N–H and O–H groups in total. The van der Waals surface area contributed by atoms with Gasteiger partial charge in [0.15, 0.2) is 0 Å². The Balaban J connectivity index is 2.73. The minimum Gasteiger partial charge on any atom is -0.324 e. The van der Waals surface area contributed by atoms with E-state index in [2.05, 4.69) is 0 Å². The number of rotatable bonds is 3. The summed E-state index contributed by atoms with van der Waals surface area (Å²) in [5.41, 5.74) is 8.54. The molecule has 0 aromatic heterocycles. The van der Waals surface area contributed by atoms with Crippen molar-refractivity contribution in [3.8, 4) is 0 Å². The SMILES string of the molecule is Cc1ccc(C)c([C@@H](N)CCC(F)(F)F)c1. The Morgan fingerprint density at radius 2 is 1.88 bits per heavy atom. The first-order chi connectivity index (χ1) is 7.29. The zero-order chi connectivity index (χ0) is 12.3. The van der Waals surface area contributed by atoms with Gasteiger partial charge >= 0.3 is 6.18 Å². The zero-order valence-corrected chi connectivity index (χ0v) is 9.43. The lowest BCUT2D eigenvalue weighted by Gasteiger charge is -2.16. The van der Waals surface area contributed by atoms with Gasteiger partial charge in [-0.05, 0) is 31.4 Å². The van der Waals surface area contributed by atoms with Crippen LogP contribution in [0.2, 0.25) is 0 Å². The lowest BCUT2D eigenvalue weighted by molar-refractivity contribution is -0.136. The standard InChI is InChI=1S/C12H16F3N/c1-8-3-4-9(2)10(7-8)11(16)5-6-12(13,14)15/h3-4,7,11H,5-6,16H2,1-2H3/t11-/m0/s1. The van der Waals surface area contributed by atoms with Crippen LogP contribution in [0, 0.1) is 13.8 Å². The third kappa shape index (κ3) is 3.85. The lowest BCUT2D eigenvalue weighted by atomic mass is 9.96. The molecule has 0 aliphatic carbocycles. The van der Waals surface area contributed by atoms with Crippen LogP contribution >= 0.6 is 0 Å². The maximum atomic E-state index is 12.1. The van der Waals surface area contributed by atoms with Crippen molar-refractivity contribution in [2.45, 2.75) is 38.9 Å². The molecule has 0 unspecified atom stereocenters. The summed E-state index contributed by atoms with van der Waals surface area (Å²) in [6.07, 6.45) is -5.02. The second-order valence-corrected chi connectivity index (χ2v) is 4.12. The highest BCUT2D eigenvalue weighted by molar-refractivity contribution is 5.32. The third-order valence-corrected chi connectivity index (χ3v) is 2.57. The molecule has 0 heterocycles. The summed E-state index contributed by atoms with van der Waals surface area (Å²) in [5.74, 6) is 0. The Morgan fingerprint density at radius 3 is 2.44 bits per heavy atom. The molecular formula is C12H16F3N. The number of hydrogen-bond acceptors (Lipinski definition) is 1. The van der Waals surface area contributed by atoms with Crippen LogP contribution in [0.25, 0.3) is 0 Å². The molecule has 1 nitrogen and oxygen atoms in total. The van der Waals surface area contributed by atoms with Gasteiger partial charge in [0, 0.05) is 12.5 Å². The summed E-state index contributed by atoms with van der Waals surface area (Å²) >= 11 is 0. The molecule has 1 aromatic carbocycles. The first-order valence-electron chi connectivity index (χ1n) is 5.19. The molecule has 90 valence electrons. The van der Waals surface area contributed by atoms with Gasteiger partial charge in [-0.1, -0.05) is 23.8 Å². The van der Waals surface area contributed by atoms with Crippen LogP contribution < -0.4 is 5.73 Å². The molecule has 0 amide bonds. The van der Waals surface area contributed by atoms with E-state index in [1.165, 1.54) is 0 Å². The fourth-order valence-corrected chi connectivity index (χ4v) is 1.63. The first kappa shape index (κ1) is 13.0. The molecule has 0 radical (unpaired) electrons. The summed E-state index contributed by atoms with van der Waals surface area (Å²) in [6, 6.07) is 5.13. The Bertz CT molecular complexity index is 358. The molecular weight excluding hydrogens is 215 g/mol. The van der Waals surface area contributed by atoms with Crippen LogP contribution in [-0.2, 0) is 0 Å². The largest absolute Gasteiger partial charge is 0.389 e. The molecule has 4 heteroatoms. The minimum atomic E-state index is -4.13. The van der Waals surface area contributed by atoms with Crippen LogP contribution in [0.5, 0.6) is 0 Å². The van der Waals surface area contributed by atoms with E-state index in [-0.39, 0.29) is 6.42 Å². The van der Waals surface area contributed by atoms with E-state index in [1.807, 2.05) is 32.0 Å². The normalized spacial score (nSPS) is 13.9. The monoisotopic (exact) mass is 231 g/mol. The molecule has 0 saturated heterocycles. The summed E-state index contributed by atoms with van der Waals surface area (Å²) in [5, 5.41) is 0. The molecule has 0 bridgehead atoms. The van der Waals surface area contributed by atoms with Crippen molar-refractivity contribution in [3.63, 3.8) is 0 Å². The Labute approximate surface area is 93.5 Å². The molecule has 0 aliphatic rings. The number of halogens is 3. The van der Waals surface area contributed by atoms with Gasteiger partial charge in [0.25, 0.3) is 0 Å².